The number of rotatable bonds is 6. The Morgan fingerprint density at radius 1 is 1.25 bits per heavy atom. The molecule has 1 aliphatic heterocycles. The van der Waals surface area contributed by atoms with Crippen LogP contribution in [0.15, 0.2) is 53.7 Å². The number of aryl methyl sites for hydroxylation is 1. The molecule has 150 valence electrons. The number of hydrogen-bond acceptors (Lipinski definition) is 4. The highest BCUT2D eigenvalue weighted by atomic mass is 16.5. The van der Waals surface area contributed by atoms with Gasteiger partial charge >= 0.3 is 0 Å². The van der Waals surface area contributed by atoms with E-state index in [0.717, 1.165) is 43.5 Å². The standard InChI is InChI=1S/C22H31N5O/c1-17-7-6-8-20(15-17)28-18(2)16-25-22(23-3)26-19-10-13-27(14-11-19)21-9-4-5-12-24-21/h4-9,12,15,18-19H,10-11,13-14,16H2,1-3H3,(H2,23,25,26). The molecule has 1 aromatic carbocycles. The van der Waals surface area contributed by atoms with Crippen LogP contribution in [0.25, 0.3) is 0 Å². The average molecular weight is 382 g/mol. The van der Waals surface area contributed by atoms with E-state index in [9.17, 15) is 0 Å². The second-order valence-corrected chi connectivity index (χ2v) is 7.29. The van der Waals surface area contributed by atoms with Crippen LogP contribution >= 0.6 is 0 Å². The number of ether oxygens (including phenoxy) is 1. The molecule has 2 heterocycles. The van der Waals surface area contributed by atoms with Crippen LogP contribution in [0.3, 0.4) is 0 Å². The summed E-state index contributed by atoms with van der Waals surface area (Å²) in [7, 11) is 1.81. The van der Waals surface area contributed by atoms with Crippen LogP contribution in [0.2, 0.25) is 0 Å². The highest BCUT2D eigenvalue weighted by Crippen LogP contribution is 2.17. The predicted octanol–water partition coefficient (Wildman–Crippen LogP) is 2.99. The molecule has 1 aromatic heterocycles. The maximum absolute atomic E-state index is 5.98. The maximum Gasteiger partial charge on any atom is 0.191 e. The van der Waals surface area contributed by atoms with Gasteiger partial charge in [-0.05, 0) is 56.5 Å². The van der Waals surface area contributed by atoms with Crippen molar-refractivity contribution in [3.8, 4) is 5.75 Å². The van der Waals surface area contributed by atoms with E-state index in [-0.39, 0.29) is 6.10 Å². The highest BCUT2D eigenvalue weighted by Gasteiger charge is 2.20. The zero-order chi connectivity index (χ0) is 19.8. The maximum atomic E-state index is 5.98. The summed E-state index contributed by atoms with van der Waals surface area (Å²) >= 11 is 0. The van der Waals surface area contributed by atoms with E-state index >= 15 is 0 Å². The molecule has 28 heavy (non-hydrogen) atoms. The van der Waals surface area contributed by atoms with Crippen LogP contribution in [0.4, 0.5) is 5.82 Å². The molecule has 6 nitrogen and oxygen atoms in total. The number of nitrogens with one attached hydrogen (secondary N) is 2. The van der Waals surface area contributed by atoms with Crippen molar-refractivity contribution in [2.45, 2.75) is 38.8 Å². The molecule has 2 aromatic rings. The number of nitrogens with zero attached hydrogens (tertiary/aromatic N) is 3. The third-order valence-electron chi connectivity index (χ3n) is 4.92. The minimum Gasteiger partial charge on any atom is -0.489 e. The Balaban J connectivity index is 1.41. The Morgan fingerprint density at radius 3 is 2.75 bits per heavy atom. The van der Waals surface area contributed by atoms with Gasteiger partial charge in [0.2, 0.25) is 0 Å². The van der Waals surface area contributed by atoms with Crippen molar-refractivity contribution >= 4 is 11.8 Å². The number of guanidine groups is 1. The first-order valence-corrected chi connectivity index (χ1v) is 10.0. The Bertz CT molecular complexity index is 757. The van der Waals surface area contributed by atoms with Crippen LogP contribution < -0.4 is 20.3 Å². The van der Waals surface area contributed by atoms with Crippen molar-refractivity contribution in [3.05, 3.63) is 54.2 Å². The summed E-state index contributed by atoms with van der Waals surface area (Å²) in [6.07, 6.45) is 4.02. The quantitative estimate of drug-likeness (QED) is 0.595. The lowest BCUT2D eigenvalue weighted by atomic mass is 10.1. The second kappa shape index (κ2) is 9.97. The molecule has 1 unspecified atom stereocenters. The van der Waals surface area contributed by atoms with E-state index in [2.05, 4.69) is 57.6 Å². The normalized spacial score (nSPS) is 16.5. The summed E-state index contributed by atoms with van der Waals surface area (Å²) in [5, 5.41) is 6.92. The lowest BCUT2D eigenvalue weighted by molar-refractivity contribution is 0.223. The van der Waals surface area contributed by atoms with Gasteiger partial charge < -0.3 is 20.3 Å². The van der Waals surface area contributed by atoms with Gasteiger partial charge in [0.15, 0.2) is 5.96 Å². The fourth-order valence-corrected chi connectivity index (χ4v) is 3.38. The van der Waals surface area contributed by atoms with Crippen molar-refractivity contribution in [2.24, 2.45) is 4.99 Å². The molecule has 2 N–H and O–H groups in total. The molecule has 0 aliphatic carbocycles. The first-order valence-electron chi connectivity index (χ1n) is 10.0. The van der Waals surface area contributed by atoms with Crippen molar-refractivity contribution in [3.63, 3.8) is 0 Å². The smallest absolute Gasteiger partial charge is 0.191 e. The number of aliphatic imine (C=N–C) groups is 1. The number of anilines is 1. The van der Waals surface area contributed by atoms with Gasteiger partial charge in [-0.2, -0.15) is 0 Å². The van der Waals surface area contributed by atoms with Crippen LogP contribution in [-0.2, 0) is 0 Å². The molecule has 3 rings (SSSR count). The minimum atomic E-state index is 0.0475. The number of aromatic nitrogens is 1. The van der Waals surface area contributed by atoms with Gasteiger partial charge in [-0.25, -0.2) is 4.98 Å². The van der Waals surface area contributed by atoms with Crippen molar-refractivity contribution < 1.29 is 4.74 Å². The number of pyridine rings is 1. The first kappa shape index (κ1) is 20.0. The molecule has 1 aliphatic rings. The van der Waals surface area contributed by atoms with Crippen LogP contribution in [0.1, 0.15) is 25.3 Å². The molecule has 0 bridgehead atoms. The summed E-state index contributed by atoms with van der Waals surface area (Å²) in [6, 6.07) is 14.6. The molecular weight excluding hydrogens is 350 g/mol. The van der Waals surface area contributed by atoms with Gasteiger partial charge in [-0.1, -0.05) is 18.2 Å². The Hall–Kier alpha value is -2.76. The largest absolute Gasteiger partial charge is 0.489 e. The summed E-state index contributed by atoms with van der Waals surface area (Å²) in [4.78, 5) is 11.2. The lowest BCUT2D eigenvalue weighted by Crippen LogP contribution is -2.50. The van der Waals surface area contributed by atoms with Crippen molar-refractivity contribution in [1.82, 2.24) is 15.6 Å². The summed E-state index contributed by atoms with van der Waals surface area (Å²) < 4.78 is 5.98. The van der Waals surface area contributed by atoms with E-state index in [1.807, 2.05) is 37.5 Å². The highest BCUT2D eigenvalue weighted by molar-refractivity contribution is 5.80. The van der Waals surface area contributed by atoms with E-state index in [0.29, 0.717) is 12.6 Å². The lowest BCUT2D eigenvalue weighted by Gasteiger charge is -2.33. The predicted molar refractivity (Wildman–Crippen MR) is 115 cm³/mol. The molecule has 1 fully saturated rings. The van der Waals surface area contributed by atoms with Crippen LogP contribution in [0.5, 0.6) is 5.75 Å². The summed E-state index contributed by atoms with van der Waals surface area (Å²) in [5.74, 6) is 2.79. The fraction of sp³-hybridized carbons (Fsp3) is 0.455. The van der Waals surface area contributed by atoms with Gasteiger partial charge in [0.1, 0.15) is 17.7 Å². The van der Waals surface area contributed by atoms with Gasteiger partial charge in [0.05, 0.1) is 6.54 Å². The Kier molecular flexibility index (Phi) is 7.12. The number of benzene rings is 1. The molecule has 1 atom stereocenters. The molecular formula is C22H31N5O. The van der Waals surface area contributed by atoms with Gasteiger partial charge in [-0.3, -0.25) is 4.99 Å². The van der Waals surface area contributed by atoms with Gasteiger partial charge in [0.25, 0.3) is 0 Å². The van der Waals surface area contributed by atoms with Crippen LogP contribution in [0, 0.1) is 6.92 Å². The zero-order valence-corrected chi connectivity index (χ0v) is 17.1. The van der Waals surface area contributed by atoms with E-state index in [1.54, 1.807) is 0 Å². The molecule has 0 spiro atoms. The van der Waals surface area contributed by atoms with Crippen LogP contribution in [-0.4, -0.2) is 49.8 Å². The third-order valence-corrected chi connectivity index (χ3v) is 4.92. The zero-order valence-electron chi connectivity index (χ0n) is 17.1. The SMILES string of the molecule is CN=C(NCC(C)Oc1cccc(C)c1)NC1CCN(c2ccccn2)CC1. The summed E-state index contributed by atoms with van der Waals surface area (Å²) in [5.41, 5.74) is 1.20. The van der Waals surface area contributed by atoms with E-state index in [1.165, 1.54) is 5.56 Å². The number of hydrogen-bond donors (Lipinski definition) is 2. The molecule has 0 radical (unpaired) electrons. The molecule has 0 amide bonds. The van der Waals surface area contributed by atoms with E-state index in [4.69, 9.17) is 4.74 Å². The Labute approximate surface area is 168 Å². The van der Waals surface area contributed by atoms with E-state index < -0.39 is 0 Å². The molecule has 1 saturated heterocycles. The monoisotopic (exact) mass is 381 g/mol. The minimum absolute atomic E-state index is 0.0475. The first-order chi connectivity index (χ1) is 13.6. The van der Waals surface area contributed by atoms with Gasteiger partial charge in [-0.15, -0.1) is 0 Å². The van der Waals surface area contributed by atoms with Crippen molar-refractivity contribution in [2.75, 3.05) is 31.6 Å². The van der Waals surface area contributed by atoms with Crippen molar-refractivity contribution in [1.29, 1.82) is 0 Å². The molecule has 6 heteroatoms. The van der Waals surface area contributed by atoms with Gasteiger partial charge in [0, 0.05) is 32.4 Å². The molecule has 0 saturated carbocycles. The summed E-state index contributed by atoms with van der Waals surface area (Å²) in [6.45, 7) is 6.83. The second-order valence-electron chi connectivity index (χ2n) is 7.29. The third kappa shape index (κ3) is 5.87. The number of piperidine rings is 1. The Morgan fingerprint density at radius 2 is 2.07 bits per heavy atom. The average Bonchev–Trinajstić information content (AvgIpc) is 2.72. The fourth-order valence-electron chi connectivity index (χ4n) is 3.38. The topological polar surface area (TPSA) is 61.8 Å².